The fourth-order valence-electron chi connectivity index (χ4n) is 3.17. The van der Waals surface area contributed by atoms with Gasteiger partial charge in [0.1, 0.15) is 11.5 Å². The van der Waals surface area contributed by atoms with Gasteiger partial charge in [-0.2, -0.15) is 0 Å². The SMILES string of the molecule is Cc1cccc(NC(N)=NCC(c2ccc(C)o2)N2CCCC2)c1.I. The molecule has 1 aromatic carbocycles. The maximum atomic E-state index is 6.08. The van der Waals surface area contributed by atoms with E-state index in [0.717, 1.165) is 30.3 Å². The van der Waals surface area contributed by atoms with Crippen LogP contribution in [0.4, 0.5) is 5.69 Å². The molecule has 0 spiro atoms. The maximum absolute atomic E-state index is 6.08. The van der Waals surface area contributed by atoms with E-state index in [2.05, 4.69) is 40.3 Å². The van der Waals surface area contributed by atoms with Crippen molar-refractivity contribution in [1.82, 2.24) is 4.90 Å². The average molecular weight is 454 g/mol. The van der Waals surface area contributed by atoms with E-state index in [1.165, 1.54) is 18.4 Å². The fourth-order valence-corrected chi connectivity index (χ4v) is 3.17. The van der Waals surface area contributed by atoms with Gasteiger partial charge in [0, 0.05) is 5.69 Å². The van der Waals surface area contributed by atoms with Gasteiger partial charge in [-0.25, -0.2) is 0 Å². The van der Waals surface area contributed by atoms with E-state index in [-0.39, 0.29) is 30.0 Å². The number of halogens is 1. The Hall–Kier alpha value is -1.54. The van der Waals surface area contributed by atoms with Crippen molar-refractivity contribution < 1.29 is 4.42 Å². The van der Waals surface area contributed by atoms with Gasteiger partial charge in [0.2, 0.25) is 0 Å². The van der Waals surface area contributed by atoms with E-state index in [9.17, 15) is 0 Å². The molecular weight excluding hydrogens is 427 g/mol. The molecule has 5 nitrogen and oxygen atoms in total. The van der Waals surface area contributed by atoms with Gasteiger partial charge < -0.3 is 15.5 Å². The number of nitrogens with two attached hydrogens (primary N) is 1. The molecular formula is C19H27IN4O. The summed E-state index contributed by atoms with van der Waals surface area (Å²) in [5.74, 6) is 2.35. The molecule has 1 aliphatic heterocycles. The normalized spacial score (nSPS) is 16.5. The van der Waals surface area contributed by atoms with Crippen molar-refractivity contribution in [3.63, 3.8) is 0 Å². The number of nitrogens with zero attached hydrogens (tertiary/aromatic N) is 2. The molecule has 1 aliphatic rings. The lowest BCUT2D eigenvalue weighted by atomic mass is 10.2. The topological polar surface area (TPSA) is 66.8 Å². The molecule has 0 amide bonds. The number of guanidine groups is 1. The van der Waals surface area contributed by atoms with Crippen LogP contribution in [0.5, 0.6) is 0 Å². The quantitative estimate of drug-likeness (QED) is 0.406. The minimum atomic E-state index is 0. The van der Waals surface area contributed by atoms with Crippen LogP contribution in [0.15, 0.2) is 45.8 Å². The standard InChI is InChI=1S/C19H26N4O.HI/c1-14-6-5-7-16(12-14)22-19(20)21-13-17(23-10-3-4-11-23)18-9-8-15(2)24-18;/h5-9,12,17H,3-4,10-11,13H2,1-2H3,(H3,20,21,22);1H. The van der Waals surface area contributed by atoms with Crippen molar-refractivity contribution >= 4 is 35.6 Å². The number of rotatable bonds is 5. The molecule has 2 heterocycles. The zero-order valence-electron chi connectivity index (χ0n) is 14.9. The molecule has 136 valence electrons. The van der Waals surface area contributed by atoms with Crippen LogP contribution in [0.1, 0.15) is 36.0 Å². The second-order valence-corrected chi connectivity index (χ2v) is 6.43. The molecule has 1 saturated heterocycles. The van der Waals surface area contributed by atoms with Gasteiger partial charge >= 0.3 is 0 Å². The Balaban J connectivity index is 0.00000225. The summed E-state index contributed by atoms with van der Waals surface area (Å²) in [6, 6.07) is 12.3. The van der Waals surface area contributed by atoms with Crippen LogP contribution in [0.25, 0.3) is 0 Å². The van der Waals surface area contributed by atoms with Crippen molar-refractivity contribution in [2.24, 2.45) is 10.7 Å². The van der Waals surface area contributed by atoms with Gasteiger partial charge in [-0.05, 0) is 69.6 Å². The Labute approximate surface area is 166 Å². The zero-order valence-corrected chi connectivity index (χ0v) is 17.2. The molecule has 0 aliphatic carbocycles. The Bertz CT molecular complexity index is 707. The summed E-state index contributed by atoms with van der Waals surface area (Å²) in [5, 5.41) is 3.16. The molecule has 25 heavy (non-hydrogen) atoms. The molecule has 1 fully saturated rings. The molecule has 6 heteroatoms. The number of hydrogen-bond donors (Lipinski definition) is 2. The lowest BCUT2D eigenvalue weighted by Gasteiger charge is -2.24. The zero-order chi connectivity index (χ0) is 16.9. The van der Waals surface area contributed by atoms with Gasteiger partial charge in [-0.3, -0.25) is 9.89 Å². The molecule has 1 aromatic heterocycles. The first kappa shape index (κ1) is 19.8. The van der Waals surface area contributed by atoms with Crippen LogP contribution in [-0.2, 0) is 0 Å². The predicted molar refractivity (Wildman–Crippen MR) is 114 cm³/mol. The third-order valence-corrected chi connectivity index (χ3v) is 4.40. The lowest BCUT2D eigenvalue weighted by molar-refractivity contribution is 0.219. The van der Waals surface area contributed by atoms with Gasteiger partial charge in [0.25, 0.3) is 0 Å². The third kappa shape index (κ3) is 5.47. The molecule has 0 saturated carbocycles. The molecule has 1 unspecified atom stereocenters. The first-order valence-electron chi connectivity index (χ1n) is 8.56. The van der Waals surface area contributed by atoms with Gasteiger partial charge in [-0.15, -0.1) is 24.0 Å². The Morgan fingerprint density at radius 3 is 2.64 bits per heavy atom. The lowest BCUT2D eigenvalue weighted by Crippen LogP contribution is -2.30. The number of aliphatic imine (C=N–C) groups is 1. The maximum Gasteiger partial charge on any atom is 0.193 e. The van der Waals surface area contributed by atoms with Crippen LogP contribution < -0.4 is 11.1 Å². The highest BCUT2D eigenvalue weighted by atomic mass is 127. The van der Waals surface area contributed by atoms with Crippen LogP contribution in [0.2, 0.25) is 0 Å². The van der Waals surface area contributed by atoms with Crippen molar-refractivity contribution in [2.45, 2.75) is 32.7 Å². The molecule has 3 rings (SSSR count). The summed E-state index contributed by atoms with van der Waals surface area (Å²) in [7, 11) is 0. The van der Waals surface area contributed by atoms with E-state index in [1.54, 1.807) is 0 Å². The van der Waals surface area contributed by atoms with Crippen molar-refractivity contribution in [1.29, 1.82) is 0 Å². The number of likely N-dealkylation sites (tertiary alicyclic amines) is 1. The van der Waals surface area contributed by atoms with E-state index in [0.29, 0.717) is 12.5 Å². The smallest absolute Gasteiger partial charge is 0.193 e. The number of hydrogen-bond acceptors (Lipinski definition) is 3. The molecule has 3 N–H and O–H groups in total. The first-order valence-corrected chi connectivity index (χ1v) is 8.56. The van der Waals surface area contributed by atoms with Gasteiger partial charge in [0.15, 0.2) is 5.96 Å². The first-order chi connectivity index (χ1) is 11.6. The summed E-state index contributed by atoms with van der Waals surface area (Å²) in [6.07, 6.45) is 2.47. The van der Waals surface area contributed by atoms with E-state index >= 15 is 0 Å². The van der Waals surface area contributed by atoms with E-state index in [1.807, 2.05) is 25.1 Å². The van der Waals surface area contributed by atoms with E-state index in [4.69, 9.17) is 10.2 Å². The summed E-state index contributed by atoms with van der Waals surface area (Å²) < 4.78 is 5.85. The number of nitrogens with one attached hydrogen (secondary N) is 1. The van der Waals surface area contributed by atoms with Crippen molar-refractivity contribution in [3.05, 3.63) is 53.5 Å². The second-order valence-electron chi connectivity index (χ2n) is 6.43. The number of furan rings is 1. The molecule has 0 bridgehead atoms. The van der Waals surface area contributed by atoms with Crippen LogP contribution >= 0.6 is 24.0 Å². The second kappa shape index (κ2) is 9.24. The predicted octanol–water partition coefficient (Wildman–Crippen LogP) is 4.08. The summed E-state index contributed by atoms with van der Waals surface area (Å²) in [6.45, 7) is 6.80. The molecule has 2 aromatic rings. The molecule has 0 radical (unpaired) electrons. The summed E-state index contributed by atoms with van der Waals surface area (Å²) in [4.78, 5) is 6.99. The van der Waals surface area contributed by atoms with Crippen LogP contribution in [0, 0.1) is 13.8 Å². The van der Waals surface area contributed by atoms with Crippen LogP contribution in [0.3, 0.4) is 0 Å². The Morgan fingerprint density at radius 1 is 1.24 bits per heavy atom. The van der Waals surface area contributed by atoms with Gasteiger partial charge in [-0.1, -0.05) is 12.1 Å². The highest BCUT2D eigenvalue weighted by Gasteiger charge is 2.25. The van der Waals surface area contributed by atoms with Crippen molar-refractivity contribution in [2.75, 3.05) is 25.0 Å². The van der Waals surface area contributed by atoms with Crippen molar-refractivity contribution in [3.8, 4) is 0 Å². The highest BCUT2D eigenvalue weighted by Crippen LogP contribution is 2.27. The Morgan fingerprint density at radius 2 is 2.00 bits per heavy atom. The minimum absolute atomic E-state index is 0. The number of benzene rings is 1. The Kier molecular flexibility index (Phi) is 7.31. The average Bonchev–Trinajstić information content (AvgIpc) is 3.20. The number of aryl methyl sites for hydroxylation is 2. The minimum Gasteiger partial charge on any atom is -0.465 e. The van der Waals surface area contributed by atoms with Crippen LogP contribution in [-0.4, -0.2) is 30.5 Å². The summed E-state index contributed by atoms with van der Waals surface area (Å²) >= 11 is 0. The van der Waals surface area contributed by atoms with E-state index < -0.39 is 0 Å². The fraction of sp³-hybridized carbons (Fsp3) is 0.421. The monoisotopic (exact) mass is 454 g/mol. The summed E-state index contributed by atoms with van der Waals surface area (Å²) in [5.41, 5.74) is 8.23. The number of anilines is 1. The largest absolute Gasteiger partial charge is 0.465 e. The highest BCUT2D eigenvalue weighted by molar-refractivity contribution is 14.0. The third-order valence-electron chi connectivity index (χ3n) is 4.40. The van der Waals surface area contributed by atoms with Gasteiger partial charge in [0.05, 0.1) is 12.6 Å². The molecule has 1 atom stereocenters.